The summed E-state index contributed by atoms with van der Waals surface area (Å²) < 4.78 is 31.2. The molecule has 0 aromatic heterocycles. The molecule has 0 heterocycles. The van der Waals surface area contributed by atoms with Crippen molar-refractivity contribution in [2.24, 2.45) is 0 Å². The molecule has 0 aliphatic carbocycles. The van der Waals surface area contributed by atoms with E-state index in [1.54, 1.807) is 0 Å². The fraction of sp³-hybridized carbons (Fsp3) is 0.455. The zero-order chi connectivity index (χ0) is 10.8. The van der Waals surface area contributed by atoms with Gasteiger partial charge in [0, 0.05) is 5.56 Å². The average Bonchev–Trinajstić information content (AvgIpc) is 2.05. The summed E-state index contributed by atoms with van der Waals surface area (Å²) in [6, 6.07) is 3.35. The van der Waals surface area contributed by atoms with Gasteiger partial charge in [-0.1, -0.05) is 0 Å². The van der Waals surface area contributed by atoms with Crippen molar-refractivity contribution in [1.29, 1.82) is 0 Å². The monoisotopic (exact) mass is 200 g/mol. The van der Waals surface area contributed by atoms with Crippen molar-refractivity contribution in [3.05, 3.63) is 35.4 Å². The minimum Gasteiger partial charge on any atom is -0.371 e. The molecular formula is C11H14F2O. The van der Waals surface area contributed by atoms with Crippen molar-refractivity contribution in [3.63, 3.8) is 0 Å². The Morgan fingerprint density at radius 1 is 1.21 bits per heavy atom. The molecule has 78 valence electrons. The minimum absolute atomic E-state index is 0.0904. The Hall–Kier alpha value is -0.960. The third kappa shape index (κ3) is 3.42. The predicted molar refractivity (Wildman–Crippen MR) is 50.9 cm³/mol. The van der Waals surface area contributed by atoms with Crippen molar-refractivity contribution in [1.82, 2.24) is 0 Å². The molecule has 1 aromatic rings. The molecule has 0 aliphatic rings. The molecule has 0 spiro atoms. The average molecular weight is 200 g/mol. The first-order chi connectivity index (χ1) is 6.38. The maximum Gasteiger partial charge on any atom is 0.128 e. The molecule has 0 saturated heterocycles. The van der Waals surface area contributed by atoms with Crippen LogP contribution < -0.4 is 0 Å². The van der Waals surface area contributed by atoms with Gasteiger partial charge in [0.15, 0.2) is 0 Å². The Balaban J connectivity index is 2.72. The van der Waals surface area contributed by atoms with E-state index in [4.69, 9.17) is 4.74 Å². The molecule has 0 unspecified atom stereocenters. The summed E-state index contributed by atoms with van der Waals surface area (Å²) in [6.45, 7) is 5.69. The summed E-state index contributed by atoms with van der Waals surface area (Å²) in [5.41, 5.74) is -0.0985. The molecule has 1 nitrogen and oxygen atoms in total. The van der Waals surface area contributed by atoms with Crippen LogP contribution in [-0.4, -0.2) is 5.60 Å². The van der Waals surface area contributed by atoms with Crippen molar-refractivity contribution < 1.29 is 13.5 Å². The van der Waals surface area contributed by atoms with E-state index < -0.39 is 11.6 Å². The topological polar surface area (TPSA) is 9.23 Å². The van der Waals surface area contributed by atoms with Gasteiger partial charge in [0.05, 0.1) is 12.2 Å². The molecule has 3 heteroatoms. The number of hydrogen-bond donors (Lipinski definition) is 0. The number of ether oxygens (including phenoxy) is 1. The first kappa shape index (κ1) is 11.1. The van der Waals surface area contributed by atoms with Gasteiger partial charge in [0.1, 0.15) is 11.6 Å². The minimum atomic E-state index is -0.445. The van der Waals surface area contributed by atoms with Crippen LogP contribution >= 0.6 is 0 Å². The van der Waals surface area contributed by atoms with Crippen LogP contribution in [-0.2, 0) is 11.3 Å². The number of hydrogen-bond acceptors (Lipinski definition) is 1. The van der Waals surface area contributed by atoms with Gasteiger partial charge in [0.2, 0.25) is 0 Å². The molecule has 0 bridgehead atoms. The fourth-order valence-corrected chi connectivity index (χ4v) is 0.948. The van der Waals surface area contributed by atoms with Crippen molar-refractivity contribution in [2.75, 3.05) is 0 Å². The van der Waals surface area contributed by atoms with Crippen LogP contribution in [0.1, 0.15) is 26.3 Å². The van der Waals surface area contributed by atoms with E-state index in [0.29, 0.717) is 0 Å². The molecule has 0 saturated carbocycles. The Morgan fingerprint density at radius 2 is 1.86 bits per heavy atom. The largest absolute Gasteiger partial charge is 0.371 e. The Labute approximate surface area is 82.7 Å². The van der Waals surface area contributed by atoms with Gasteiger partial charge in [-0.3, -0.25) is 0 Å². The Kier molecular flexibility index (Phi) is 3.21. The molecule has 1 aromatic carbocycles. The Bertz CT molecular complexity index is 316. The van der Waals surface area contributed by atoms with Crippen LogP contribution in [0.25, 0.3) is 0 Å². The van der Waals surface area contributed by atoms with Crippen molar-refractivity contribution in [2.45, 2.75) is 33.0 Å². The normalized spacial score (nSPS) is 11.8. The van der Waals surface area contributed by atoms with Gasteiger partial charge in [-0.15, -0.1) is 0 Å². The lowest BCUT2D eigenvalue weighted by Crippen LogP contribution is -2.19. The second-order valence-electron chi connectivity index (χ2n) is 4.14. The van der Waals surface area contributed by atoms with E-state index in [0.717, 1.165) is 18.2 Å². The highest BCUT2D eigenvalue weighted by Crippen LogP contribution is 2.15. The zero-order valence-electron chi connectivity index (χ0n) is 8.60. The summed E-state index contributed by atoms with van der Waals surface area (Å²) in [5.74, 6) is -0.880. The van der Waals surface area contributed by atoms with Gasteiger partial charge < -0.3 is 4.74 Å². The summed E-state index contributed by atoms with van der Waals surface area (Å²) in [6.07, 6.45) is 0. The SMILES string of the molecule is CC(C)(C)OCc1cc(F)ccc1F. The molecule has 0 fully saturated rings. The summed E-state index contributed by atoms with van der Waals surface area (Å²) in [7, 11) is 0. The van der Waals surface area contributed by atoms with Crippen LogP contribution in [0.3, 0.4) is 0 Å². The summed E-state index contributed by atoms with van der Waals surface area (Å²) in [4.78, 5) is 0. The number of halogens is 2. The van der Waals surface area contributed by atoms with Gasteiger partial charge in [0.25, 0.3) is 0 Å². The highest BCUT2D eigenvalue weighted by atomic mass is 19.1. The zero-order valence-corrected chi connectivity index (χ0v) is 8.60. The standard InChI is InChI=1S/C11H14F2O/c1-11(2,3)14-7-8-6-9(12)4-5-10(8)13/h4-6H,7H2,1-3H3. The quantitative estimate of drug-likeness (QED) is 0.711. The highest BCUT2D eigenvalue weighted by Gasteiger charge is 2.12. The van der Waals surface area contributed by atoms with E-state index in [1.165, 1.54) is 0 Å². The first-order valence-corrected chi connectivity index (χ1v) is 4.46. The van der Waals surface area contributed by atoms with Gasteiger partial charge >= 0.3 is 0 Å². The van der Waals surface area contributed by atoms with Crippen LogP contribution in [0.15, 0.2) is 18.2 Å². The van der Waals surface area contributed by atoms with E-state index in [9.17, 15) is 8.78 Å². The lowest BCUT2D eigenvalue weighted by molar-refractivity contribution is -0.0162. The molecule has 0 aliphatic heterocycles. The van der Waals surface area contributed by atoms with Crippen LogP contribution in [0.2, 0.25) is 0 Å². The third-order valence-electron chi connectivity index (χ3n) is 1.67. The molecule has 1 rings (SSSR count). The Morgan fingerprint density at radius 3 is 2.43 bits per heavy atom. The molecule has 0 amide bonds. The second-order valence-corrected chi connectivity index (χ2v) is 4.14. The predicted octanol–water partition coefficient (Wildman–Crippen LogP) is 3.28. The molecule has 0 N–H and O–H groups in total. The van der Waals surface area contributed by atoms with Crippen molar-refractivity contribution in [3.8, 4) is 0 Å². The van der Waals surface area contributed by atoms with Crippen LogP contribution in [0.4, 0.5) is 8.78 Å². The maximum absolute atomic E-state index is 13.1. The summed E-state index contributed by atoms with van der Waals surface area (Å²) in [5, 5.41) is 0. The van der Waals surface area contributed by atoms with Gasteiger partial charge in [-0.05, 0) is 39.0 Å². The van der Waals surface area contributed by atoms with Crippen LogP contribution in [0.5, 0.6) is 0 Å². The van der Waals surface area contributed by atoms with E-state index in [1.807, 2.05) is 20.8 Å². The molecule has 14 heavy (non-hydrogen) atoms. The fourth-order valence-electron chi connectivity index (χ4n) is 0.948. The van der Waals surface area contributed by atoms with Crippen molar-refractivity contribution >= 4 is 0 Å². The molecular weight excluding hydrogens is 186 g/mol. The molecule has 0 atom stereocenters. The lowest BCUT2D eigenvalue weighted by Gasteiger charge is -2.19. The molecule has 0 radical (unpaired) electrons. The summed E-state index contributed by atoms with van der Waals surface area (Å²) >= 11 is 0. The first-order valence-electron chi connectivity index (χ1n) is 4.46. The smallest absolute Gasteiger partial charge is 0.128 e. The second kappa shape index (κ2) is 4.05. The van der Waals surface area contributed by atoms with Gasteiger partial charge in [-0.25, -0.2) is 8.78 Å². The number of rotatable bonds is 2. The lowest BCUT2D eigenvalue weighted by atomic mass is 10.1. The number of benzene rings is 1. The van der Waals surface area contributed by atoms with Gasteiger partial charge in [-0.2, -0.15) is 0 Å². The van der Waals surface area contributed by atoms with E-state index >= 15 is 0 Å². The highest BCUT2D eigenvalue weighted by molar-refractivity contribution is 5.17. The van der Waals surface area contributed by atoms with E-state index in [2.05, 4.69) is 0 Å². The van der Waals surface area contributed by atoms with Crippen LogP contribution in [0, 0.1) is 11.6 Å². The van der Waals surface area contributed by atoms with E-state index in [-0.39, 0.29) is 17.8 Å². The third-order valence-corrected chi connectivity index (χ3v) is 1.67. The maximum atomic E-state index is 13.1.